The fourth-order valence-corrected chi connectivity index (χ4v) is 2.52. The van der Waals surface area contributed by atoms with Crippen molar-refractivity contribution in [2.45, 2.75) is 32.4 Å². The number of hydrogen-bond acceptors (Lipinski definition) is 9. The standard InChI is InChI=1S/C19H32N6O6/c1-13(2)18(19(31)22-6-9-27)23-16(29)11-15(14(20)12-25(21)7-10-28)24(3)17(30)5-4-8-26/h4-5,8-9,12-13,15,18,28H,6-7,10-11,20-21H2,1-3H3,(H,22,31)(H,23,29)/b5-4-,14-12-. The summed E-state index contributed by atoms with van der Waals surface area (Å²) in [4.78, 5) is 59.3. The highest BCUT2D eigenvalue weighted by Crippen LogP contribution is 2.12. The zero-order chi connectivity index (χ0) is 24.0. The average molecular weight is 441 g/mol. The Labute approximate surface area is 181 Å². The van der Waals surface area contributed by atoms with Gasteiger partial charge in [0.1, 0.15) is 18.6 Å². The quantitative estimate of drug-likeness (QED) is 0.0833. The molecule has 0 aromatic heterocycles. The zero-order valence-corrected chi connectivity index (χ0v) is 18.0. The van der Waals surface area contributed by atoms with Crippen molar-refractivity contribution in [1.82, 2.24) is 20.5 Å². The molecule has 0 rings (SSSR count). The lowest BCUT2D eigenvalue weighted by molar-refractivity contribution is -0.132. The molecule has 0 aliphatic heterocycles. The van der Waals surface area contributed by atoms with E-state index in [1.54, 1.807) is 13.8 Å². The molecule has 0 saturated carbocycles. The van der Waals surface area contributed by atoms with Gasteiger partial charge in [0.25, 0.3) is 0 Å². The topological polar surface area (TPSA) is 188 Å². The Morgan fingerprint density at radius 1 is 1.19 bits per heavy atom. The van der Waals surface area contributed by atoms with Crippen LogP contribution in [0, 0.1) is 5.92 Å². The number of carbonyl (C=O) groups is 5. The number of nitrogens with one attached hydrogen (secondary N) is 2. The number of aliphatic hydroxyl groups is 1. The normalized spacial score (nSPS) is 13.4. The molecular formula is C19H32N6O6. The van der Waals surface area contributed by atoms with E-state index in [2.05, 4.69) is 10.6 Å². The summed E-state index contributed by atoms with van der Waals surface area (Å²) in [6.45, 7) is 3.08. The number of nitrogens with two attached hydrogens (primary N) is 2. The maximum atomic E-state index is 12.7. The van der Waals surface area contributed by atoms with E-state index in [0.717, 1.165) is 22.1 Å². The number of hydrazine groups is 1. The van der Waals surface area contributed by atoms with Crippen molar-refractivity contribution >= 4 is 30.3 Å². The monoisotopic (exact) mass is 440 g/mol. The van der Waals surface area contributed by atoms with Gasteiger partial charge in [0.2, 0.25) is 17.7 Å². The van der Waals surface area contributed by atoms with Crippen LogP contribution in [0.5, 0.6) is 0 Å². The van der Waals surface area contributed by atoms with Gasteiger partial charge in [-0.2, -0.15) is 0 Å². The first kappa shape index (κ1) is 27.8. The van der Waals surface area contributed by atoms with E-state index >= 15 is 0 Å². The van der Waals surface area contributed by atoms with Crippen molar-refractivity contribution < 1.29 is 29.1 Å². The minimum Gasteiger partial charge on any atom is -0.399 e. The van der Waals surface area contributed by atoms with Gasteiger partial charge in [-0.3, -0.25) is 19.2 Å². The number of hydrogen-bond donors (Lipinski definition) is 5. The van der Waals surface area contributed by atoms with Gasteiger partial charge in [-0.1, -0.05) is 13.8 Å². The number of allylic oxidation sites excluding steroid dienone is 1. The van der Waals surface area contributed by atoms with Gasteiger partial charge in [-0.25, -0.2) is 5.84 Å². The van der Waals surface area contributed by atoms with Crippen LogP contribution in [0.3, 0.4) is 0 Å². The second-order valence-corrected chi connectivity index (χ2v) is 6.96. The van der Waals surface area contributed by atoms with Gasteiger partial charge in [0.15, 0.2) is 0 Å². The minimum atomic E-state index is -0.959. The van der Waals surface area contributed by atoms with Gasteiger partial charge >= 0.3 is 0 Å². The van der Waals surface area contributed by atoms with E-state index in [1.165, 1.54) is 13.2 Å². The first-order valence-corrected chi connectivity index (χ1v) is 9.57. The summed E-state index contributed by atoms with van der Waals surface area (Å²) in [6, 6.07) is -1.87. The SMILES string of the molecule is CC(C)C(NC(=O)CC(/C(N)=C/N(N)CCO)N(C)C(=O)/C=C\C=O)C(=O)NCC=O. The van der Waals surface area contributed by atoms with Crippen LogP contribution >= 0.6 is 0 Å². The molecule has 174 valence electrons. The number of likely N-dealkylation sites (N-methyl/N-ethyl adjacent to an activating group) is 1. The number of aldehydes is 2. The summed E-state index contributed by atoms with van der Waals surface area (Å²) in [6.07, 6.45) is 3.94. The van der Waals surface area contributed by atoms with E-state index in [1.807, 2.05) is 0 Å². The Kier molecular flexibility index (Phi) is 13.1. The van der Waals surface area contributed by atoms with E-state index < -0.39 is 29.8 Å². The zero-order valence-electron chi connectivity index (χ0n) is 18.0. The van der Waals surface area contributed by atoms with Crippen molar-refractivity contribution in [2.75, 3.05) is 26.7 Å². The molecule has 12 nitrogen and oxygen atoms in total. The van der Waals surface area contributed by atoms with Crippen LogP contribution in [0.2, 0.25) is 0 Å². The molecule has 0 spiro atoms. The molecule has 0 fully saturated rings. The van der Waals surface area contributed by atoms with E-state index in [9.17, 15) is 24.0 Å². The van der Waals surface area contributed by atoms with Crippen molar-refractivity contribution in [1.29, 1.82) is 0 Å². The molecule has 0 radical (unpaired) electrons. The first-order valence-electron chi connectivity index (χ1n) is 9.57. The van der Waals surface area contributed by atoms with Crippen LogP contribution < -0.4 is 22.2 Å². The molecule has 0 bridgehead atoms. The maximum Gasteiger partial charge on any atom is 0.246 e. The third-order valence-electron chi connectivity index (χ3n) is 4.19. The number of aliphatic hydroxyl groups excluding tert-OH is 1. The Morgan fingerprint density at radius 3 is 2.35 bits per heavy atom. The third kappa shape index (κ3) is 10.4. The number of amides is 3. The molecule has 0 heterocycles. The van der Waals surface area contributed by atoms with E-state index in [-0.39, 0.29) is 37.7 Å². The van der Waals surface area contributed by atoms with Crippen molar-refractivity contribution in [3.8, 4) is 0 Å². The molecule has 31 heavy (non-hydrogen) atoms. The average Bonchev–Trinajstić information content (AvgIpc) is 2.71. The Hall–Kier alpha value is -3.25. The van der Waals surface area contributed by atoms with Gasteiger partial charge in [-0.05, 0) is 12.0 Å². The van der Waals surface area contributed by atoms with Gasteiger partial charge in [0.05, 0.1) is 32.2 Å². The molecule has 0 aromatic carbocycles. The van der Waals surface area contributed by atoms with Crippen LogP contribution in [-0.2, 0) is 24.0 Å². The smallest absolute Gasteiger partial charge is 0.246 e. The van der Waals surface area contributed by atoms with Crippen LogP contribution in [0.1, 0.15) is 20.3 Å². The molecule has 0 saturated heterocycles. The largest absolute Gasteiger partial charge is 0.399 e. The van der Waals surface area contributed by atoms with Crippen molar-refractivity contribution in [3.63, 3.8) is 0 Å². The lowest BCUT2D eigenvalue weighted by Gasteiger charge is -2.29. The highest BCUT2D eigenvalue weighted by atomic mass is 16.3. The predicted octanol–water partition coefficient (Wildman–Crippen LogP) is -2.62. The van der Waals surface area contributed by atoms with Crippen LogP contribution in [0.25, 0.3) is 0 Å². The first-order chi connectivity index (χ1) is 14.6. The van der Waals surface area contributed by atoms with Gasteiger partial charge in [0, 0.05) is 25.0 Å². The molecule has 2 unspecified atom stereocenters. The fraction of sp³-hybridized carbons (Fsp3) is 0.526. The molecule has 3 amide bonds. The van der Waals surface area contributed by atoms with Crippen molar-refractivity contribution in [3.05, 3.63) is 24.0 Å². The summed E-state index contributed by atoms with van der Waals surface area (Å²) in [5, 5.41) is 15.0. The van der Waals surface area contributed by atoms with Crippen LogP contribution in [0.4, 0.5) is 0 Å². The van der Waals surface area contributed by atoms with Gasteiger partial charge in [-0.15, -0.1) is 0 Å². The second-order valence-electron chi connectivity index (χ2n) is 6.96. The highest BCUT2D eigenvalue weighted by molar-refractivity contribution is 5.92. The third-order valence-corrected chi connectivity index (χ3v) is 4.19. The van der Waals surface area contributed by atoms with Gasteiger partial charge < -0.3 is 36.2 Å². The molecular weight excluding hydrogens is 408 g/mol. The summed E-state index contributed by atoms with van der Waals surface area (Å²) in [5.41, 5.74) is 6.10. The molecule has 12 heteroatoms. The summed E-state index contributed by atoms with van der Waals surface area (Å²) in [7, 11) is 1.39. The number of nitrogens with zero attached hydrogens (tertiary/aromatic N) is 2. The molecule has 0 aliphatic carbocycles. The lowest BCUT2D eigenvalue weighted by atomic mass is 10.0. The summed E-state index contributed by atoms with van der Waals surface area (Å²) in [5.74, 6) is 3.72. The van der Waals surface area contributed by atoms with Crippen LogP contribution in [0.15, 0.2) is 24.0 Å². The summed E-state index contributed by atoms with van der Waals surface area (Å²) < 4.78 is 0. The summed E-state index contributed by atoms with van der Waals surface area (Å²) >= 11 is 0. The number of carbonyl (C=O) groups excluding carboxylic acids is 5. The second kappa shape index (κ2) is 14.7. The Morgan fingerprint density at radius 2 is 1.84 bits per heavy atom. The number of rotatable bonds is 14. The minimum absolute atomic E-state index is 0.0490. The fourth-order valence-electron chi connectivity index (χ4n) is 2.52. The van der Waals surface area contributed by atoms with Crippen LogP contribution in [-0.4, -0.2) is 84.1 Å². The molecule has 0 aromatic rings. The highest BCUT2D eigenvalue weighted by Gasteiger charge is 2.28. The molecule has 2 atom stereocenters. The van der Waals surface area contributed by atoms with E-state index in [4.69, 9.17) is 16.7 Å². The Bertz CT molecular complexity index is 693. The lowest BCUT2D eigenvalue weighted by Crippen LogP contribution is -2.52. The molecule has 7 N–H and O–H groups in total. The maximum absolute atomic E-state index is 12.7. The van der Waals surface area contributed by atoms with E-state index in [0.29, 0.717) is 12.6 Å². The van der Waals surface area contributed by atoms with Crippen molar-refractivity contribution in [2.24, 2.45) is 17.5 Å². The molecule has 0 aliphatic rings. The predicted molar refractivity (Wildman–Crippen MR) is 112 cm³/mol. The Balaban J connectivity index is 5.61.